The summed E-state index contributed by atoms with van der Waals surface area (Å²) in [5.41, 5.74) is 6.72. The number of aliphatic hydroxyl groups is 1. The van der Waals surface area contributed by atoms with Gasteiger partial charge in [0, 0.05) is 29.0 Å². The first-order valence-corrected chi connectivity index (χ1v) is 8.99. The van der Waals surface area contributed by atoms with Crippen LogP contribution in [0.25, 0.3) is 15.8 Å². The van der Waals surface area contributed by atoms with Gasteiger partial charge in [0.05, 0.1) is 15.6 Å². The number of carbonyl (C=O) groups is 1. The van der Waals surface area contributed by atoms with E-state index in [0.717, 1.165) is 0 Å². The van der Waals surface area contributed by atoms with Gasteiger partial charge in [0.2, 0.25) is 5.95 Å². The van der Waals surface area contributed by atoms with Gasteiger partial charge in [-0.05, 0) is 19.1 Å². The predicted octanol–water partition coefficient (Wildman–Crippen LogP) is 3.94. The van der Waals surface area contributed by atoms with Crippen LogP contribution in [-0.4, -0.2) is 27.5 Å². The van der Waals surface area contributed by atoms with Gasteiger partial charge < -0.3 is 16.2 Å². The molecule has 0 fully saturated rings. The number of allylic oxidation sites excluding steroid dienone is 5. The quantitative estimate of drug-likeness (QED) is 0.728. The van der Waals surface area contributed by atoms with Crippen molar-refractivity contribution in [3.05, 3.63) is 44.6 Å². The summed E-state index contributed by atoms with van der Waals surface area (Å²) in [7, 11) is 0. The molecule has 0 radical (unpaired) electrons. The zero-order chi connectivity index (χ0) is 18.1. The summed E-state index contributed by atoms with van der Waals surface area (Å²) in [5, 5.41) is 14.1. The molecule has 4 N–H and O–H groups in total. The SMILES string of the molecule is CCNC(=O)c1cc2c(C3=CC(O)=C(Cl)CC=C3Cl)nc(N)nc2s1. The molecule has 2 aromatic heterocycles. The van der Waals surface area contributed by atoms with Crippen LogP contribution in [-0.2, 0) is 0 Å². The van der Waals surface area contributed by atoms with Crippen LogP contribution in [0.2, 0.25) is 0 Å². The highest BCUT2D eigenvalue weighted by Crippen LogP contribution is 2.37. The Balaban J connectivity index is 2.22. The molecular formula is C16H14Cl2N4O2S. The number of carbonyl (C=O) groups excluding carboxylic acids is 1. The number of rotatable bonds is 3. The Kier molecular flexibility index (Phi) is 4.99. The van der Waals surface area contributed by atoms with E-state index in [-0.39, 0.29) is 22.6 Å². The molecule has 0 atom stereocenters. The minimum Gasteiger partial charge on any atom is -0.507 e. The van der Waals surface area contributed by atoms with Crippen molar-refractivity contribution in [2.75, 3.05) is 12.3 Å². The number of aromatic nitrogens is 2. The molecule has 0 aromatic carbocycles. The molecule has 2 heterocycles. The summed E-state index contributed by atoms with van der Waals surface area (Å²) in [6.07, 6.45) is 3.43. The lowest BCUT2D eigenvalue weighted by molar-refractivity contribution is 0.0960. The number of nitrogens with two attached hydrogens (primary N) is 1. The Hall–Kier alpha value is -2.09. The van der Waals surface area contributed by atoms with E-state index in [2.05, 4.69) is 15.3 Å². The van der Waals surface area contributed by atoms with Crippen molar-refractivity contribution in [3.63, 3.8) is 0 Å². The van der Waals surface area contributed by atoms with E-state index in [1.807, 2.05) is 6.92 Å². The number of nitrogens with one attached hydrogen (secondary N) is 1. The topological polar surface area (TPSA) is 101 Å². The molecule has 25 heavy (non-hydrogen) atoms. The summed E-state index contributed by atoms with van der Waals surface area (Å²) >= 11 is 13.5. The lowest BCUT2D eigenvalue weighted by Gasteiger charge is -2.07. The summed E-state index contributed by atoms with van der Waals surface area (Å²) < 4.78 is 0. The maximum absolute atomic E-state index is 12.1. The Morgan fingerprint density at radius 3 is 2.92 bits per heavy atom. The first-order chi connectivity index (χ1) is 11.9. The summed E-state index contributed by atoms with van der Waals surface area (Å²) in [6.45, 7) is 2.36. The number of halogens is 2. The minimum absolute atomic E-state index is 0.0518. The fraction of sp³-hybridized carbons (Fsp3) is 0.188. The van der Waals surface area contributed by atoms with E-state index in [1.165, 1.54) is 17.4 Å². The number of hydrogen-bond donors (Lipinski definition) is 3. The minimum atomic E-state index is -0.197. The second-order valence-corrected chi connectivity index (χ2v) is 7.12. The van der Waals surface area contributed by atoms with Crippen molar-refractivity contribution in [2.45, 2.75) is 13.3 Å². The van der Waals surface area contributed by atoms with Crippen LogP contribution in [0.4, 0.5) is 5.95 Å². The zero-order valence-corrected chi connectivity index (χ0v) is 15.5. The summed E-state index contributed by atoms with van der Waals surface area (Å²) in [4.78, 5) is 21.6. The third kappa shape index (κ3) is 3.49. The standard InChI is InChI=1S/C16H14Cl2N4O2S/c1-2-20-14(24)12-6-8-13(21-16(19)22-15(8)25-12)7-5-11(23)10(18)4-3-9(7)17/h3,5-6,23H,2,4H2,1H3,(H,20,24)(H2,19,21,22). The van der Waals surface area contributed by atoms with Crippen LogP contribution < -0.4 is 11.1 Å². The van der Waals surface area contributed by atoms with E-state index in [4.69, 9.17) is 28.9 Å². The molecule has 0 saturated heterocycles. The van der Waals surface area contributed by atoms with Gasteiger partial charge in [0.1, 0.15) is 10.6 Å². The predicted molar refractivity (Wildman–Crippen MR) is 102 cm³/mol. The average molecular weight is 397 g/mol. The fourth-order valence-corrected chi connectivity index (χ4v) is 3.67. The van der Waals surface area contributed by atoms with E-state index in [1.54, 1.807) is 12.1 Å². The molecule has 0 bridgehead atoms. The molecule has 2 aromatic rings. The number of thiophene rings is 1. The molecule has 0 spiro atoms. The van der Waals surface area contributed by atoms with Gasteiger partial charge in [-0.2, -0.15) is 0 Å². The number of aliphatic hydroxyl groups excluding tert-OH is 1. The Morgan fingerprint density at radius 2 is 2.20 bits per heavy atom. The number of amides is 1. The van der Waals surface area contributed by atoms with Gasteiger partial charge in [-0.3, -0.25) is 4.79 Å². The average Bonchev–Trinajstić information content (AvgIpc) is 2.95. The molecule has 6 nitrogen and oxygen atoms in total. The van der Waals surface area contributed by atoms with Crippen LogP contribution in [0.5, 0.6) is 0 Å². The third-order valence-corrected chi connectivity index (χ3v) is 5.24. The van der Waals surface area contributed by atoms with Crippen molar-refractivity contribution in [1.29, 1.82) is 0 Å². The van der Waals surface area contributed by atoms with E-state index < -0.39 is 0 Å². The third-order valence-electron chi connectivity index (χ3n) is 3.50. The molecular weight excluding hydrogens is 383 g/mol. The molecule has 9 heteroatoms. The van der Waals surface area contributed by atoms with Gasteiger partial charge in [0.15, 0.2) is 0 Å². The summed E-state index contributed by atoms with van der Waals surface area (Å²) in [5.74, 6) is -0.235. The molecule has 1 aliphatic carbocycles. The largest absolute Gasteiger partial charge is 0.507 e. The number of fused-ring (bicyclic) bond motifs is 1. The van der Waals surface area contributed by atoms with Crippen molar-refractivity contribution >= 4 is 62.2 Å². The molecule has 0 aliphatic heterocycles. The van der Waals surface area contributed by atoms with Crippen LogP contribution in [0.3, 0.4) is 0 Å². The Labute approximate surface area is 157 Å². The van der Waals surface area contributed by atoms with Crippen molar-refractivity contribution in [3.8, 4) is 0 Å². The maximum Gasteiger partial charge on any atom is 0.261 e. The smallest absolute Gasteiger partial charge is 0.261 e. The van der Waals surface area contributed by atoms with Crippen molar-refractivity contribution < 1.29 is 9.90 Å². The highest BCUT2D eigenvalue weighted by Gasteiger charge is 2.20. The van der Waals surface area contributed by atoms with E-state index in [9.17, 15) is 9.90 Å². The Bertz CT molecular complexity index is 962. The lowest BCUT2D eigenvalue weighted by Crippen LogP contribution is -2.21. The van der Waals surface area contributed by atoms with Crippen molar-refractivity contribution in [1.82, 2.24) is 15.3 Å². The number of hydrogen-bond acceptors (Lipinski definition) is 6. The second-order valence-electron chi connectivity index (χ2n) is 5.22. The number of nitrogen functional groups attached to an aromatic ring is 1. The first kappa shape index (κ1) is 17.7. The highest BCUT2D eigenvalue weighted by molar-refractivity contribution is 7.20. The van der Waals surface area contributed by atoms with Gasteiger partial charge in [-0.25, -0.2) is 9.97 Å². The van der Waals surface area contributed by atoms with Gasteiger partial charge >= 0.3 is 0 Å². The molecule has 0 unspecified atom stereocenters. The van der Waals surface area contributed by atoms with Crippen molar-refractivity contribution in [2.24, 2.45) is 0 Å². The van der Waals surface area contributed by atoms with Gasteiger partial charge in [0.25, 0.3) is 5.91 Å². The number of nitrogens with zero attached hydrogens (tertiary/aromatic N) is 2. The van der Waals surface area contributed by atoms with Crippen LogP contribution >= 0.6 is 34.5 Å². The molecule has 1 aliphatic rings. The molecule has 1 amide bonds. The normalized spacial score (nSPS) is 15.0. The fourth-order valence-electron chi connectivity index (χ4n) is 2.36. The van der Waals surface area contributed by atoms with Gasteiger partial charge in [-0.1, -0.05) is 29.3 Å². The van der Waals surface area contributed by atoms with Gasteiger partial charge in [-0.15, -0.1) is 11.3 Å². The van der Waals surface area contributed by atoms with Crippen LogP contribution in [0.15, 0.2) is 34.0 Å². The Morgan fingerprint density at radius 1 is 1.44 bits per heavy atom. The zero-order valence-electron chi connectivity index (χ0n) is 13.1. The first-order valence-electron chi connectivity index (χ1n) is 7.41. The van der Waals surface area contributed by atoms with Crippen LogP contribution in [0, 0.1) is 0 Å². The second kappa shape index (κ2) is 7.03. The molecule has 3 rings (SSSR count). The molecule has 130 valence electrons. The van der Waals surface area contributed by atoms with Crippen LogP contribution in [0.1, 0.15) is 28.7 Å². The van der Waals surface area contributed by atoms with E-state index in [0.29, 0.717) is 44.4 Å². The maximum atomic E-state index is 12.1. The van der Waals surface area contributed by atoms with E-state index >= 15 is 0 Å². The number of anilines is 1. The molecule has 0 saturated carbocycles. The lowest BCUT2D eigenvalue weighted by atomic mass is 10.1. The monoisotopic (exact) mass is 396 g/mol. The summed E-state index contributed by atoms with van der Waals surface area (Å²) in [6, 6.07) is 1.69. The highest BCUT2D eigenvalue weighted by atomic mass is 35.5.